The summed E-state index contributed by atoms with van der Waals surface area (Å²) in [5.74, 6) is 0. The Morgan fingerprint density at radius 2 is 2.54 bits per heavy atom. The summed E-state index contributed by atoms with van der Waals surface area (Å²) in [6.45, 7) is 5.43. The van der Waals surface area contributed by atoms with Gasteiger partial charge < -0.3 is 5.32 Å². The number of hydrogen-bond acceptors (Lipinski definition) is 2. The van der Waals surface area contributed by atoms with Crippen LogP contribution in [0.3, 0.4) is 0 Å². The van der Waals surface area contributed by atoms with Crippen molar-refractivity contribution in [1.82, 2.24) is 15.1 Å². The number of rotatable bonds is 2. The normalized spacial score (nSPS) is 24.9. The second kappa shape index (κ2) is 3.50. The third-order valence-corrected chi connectivity index (χ3v) is 2.84. The van der Waals surface area contributed by atoms with E-state index >= 15 is 0 Å². The molecule has 0 spiro atoms. The van der Waals surface area contributed by atoms with Gasteiger partial charge in [0.15, 0.2) is 0 Å². The lowest BCUT2D eigenvalue weighted by molar-refractivity contribution is 0.378. The average molecular weight is 179 g/mol. The van der Waals surface area contributed by atoms with Crippen LogP contribution in [0.15, 0.2) is 12.3 Å². The molecule has 1 aromatic heterocycles. The molecule has 3 nitrogen and oxygen atoms in total. The van der Waals surface area contributed by atoms with Gasteiger partial charge in [0.1, 0.15) is 0 Å². The molecule has 0 bridgehead atoms. The number of aromatic nitrogens is 2. The fraction of sp³-hybridized carbons (Fsp3) is 0.700. The molecule has 0 radical (unpaired) electrons. The van der Waals surface area contributed by atoms with Crippen LogP contribution in [0, 0.1) is 6.92 Å². The zero-order valence-electron chi connectivity index (χ0n) is 8.33. The van der Waals surface area contributed by atoms with Gasteiger partial charge in [0.05, 0.1) is 11.7 Å². The molecule has 2 unspecified atom stereocenters. The molecule has 1 fully saturated rings. The molecule has 0 aromatic carbocycles. The van der Waals surface area contributed by atoms with E-state index in [2.05, 4.69) is 34.3 Å². The monoisotopic (exact) mass is 179 g/mol. The van der Waals surface area contributed by atoms with Crippen LogP contribution >= 0.6 is 0 Å². The molecule has 1 saturated heterocycles. The molecular formula is C10H17N3. The van der Waals surface area contributed by atoms with Gasteiger partial charge in [-0.3, -0.25) is 4.68 Å². The lowest BCUT2D eigenvalue weighted by Crippen LogP contribution is -2.31. The molecule has 2 heterocycles. The molecule has 0 aliphatic carbocycles. The van der Waals surface area contributed by atoms with Crippen LogP contribution in [0.4, 0.5) is 0 Å². The fourth-order valence-corrected chi connectivity index (χ4v) is 1.97. The van der Waals surface area contributed by atoms with Gasteiger partial charge in [0, 0.05) is 12.2 Å². The van der Waals surface area contributed by atoms with Crippen LogP contribution in [-0.2, 0) is 0 Å². The summed E-state index contributed by atoms with van der Waals surface area (Å²) in [5, 5.41) is 7.94. The van der Waals surface area contributed by atoms with E-state index in [0.717, 1.165) is 12.2 Å². The largest absolute Gasteiger partial charge is 0.312 e. The van der Waals surface area contributed by atoms with Gasteiger partial charge in [-0.05, 0) is 39.3 Å². The number of nitrogens with zero attached hydrogens (tertiary/aromatic N) is 2. The van der Waals surface area contributed by atoms with Gasteiger partial charge in [0.25, 0.3) is 0 Å². The Bertz CT molecular complexity index is 273. The molecule has 0 amide bonds. The summed E-state index contributed by atoms with van der Waals surface area (Å²) in [5.41, 5.74) is 1.10. The second-order valence-corrected chi connectivity index (χ2v) is 3.88. The minimum absolute atomic E-state index is 0.483. The Hall–Kier alpha value is -0.830. The molecule has 1 aliphatic heterocycles. The number of aryl methyl sites for hydroxylation is 1. The topological polar surface area (TPSA) is 29.9 Å². The van der Waals surface area contributed by atoms with E-state index in [9.17, 15) is 0 Å². The van der Waals surface area contributed by atoms with Crippen molar-refractivity contribution in [3.8, 4) is 0 Å². The van der Waals surface area contributed by atoms with Crippen molar-refractivity contribution in [2.24, 2.45) is 0 Å². The van der Waals surface area contributed by atoms with Crippen molar-refractivity contribution in [3.05, 3.63) is 18.0 Å². The Labute approximate surface area is 79.1 Å². The van der Waals surface area contributed by atoms with E-state index in [4.69, 9.17) is 0 Å². The maximum absolute atomic E-state index is 4.43. The van der Waals surface area contributed by atoms with Crippen molar-refractivity contribution in [1.29, 1.82) is 0 Å². The quantitative estimate of drug-likeness (QED) is 0.745. The fourth-order valence-electron chi connectivity index (χ4n) is 1.97. The van der Waals surface area contributed by atoms with Gasteiger partial charge in [-0.2, -0.15) is 5.10 Å². The summed E-state index contributed by atoms with van der Waals surface area (Å²) < 4.78 is 2.07. The third-order valence-electron chi connectivity index (χ3n) is 2.84. The molecule has 1 N–H and O–H groups in total. The van der Waals surface area contributed by atoms with Crippen LogP contribution in [0.5, 0.6) is 0 Å². The first-order valence-electron chi connectivity index (χ1n) is 5.02. The second-order valence-electron chi connectivity index (χ2n) is 3.88. The summed E-state index contributed by atoms with van der Waals surface area (Å²) >= 11 is 0. The van der Waals surface area contributed by atoms with E-state index in [1.807, 2.05) is 6.92 Å². The van der Waals surface area contributed by atoms with Crippen LogP contribution in [0.25, 0.3) is 0 Å². The highest BCUT2D eigenvalue weighted by molar-refractivity contribution is 4.97. The number of hydrogen-bond donors (Lipinski definition) is 1. The standard InChI is InChI=1S/C10H17N3/c1-8-5-7-13(12-8)9(2)10-4-3-6-11-10/h5,7,9-11H,3-4,6H2,1-2H3. The smallest absolute Gasteiger partial charge is 0.0644 e. The van der Waals surface area contributed by atoms with E-state index in [1.165, 1.54) is 12.8 Å². The minimum atomic E-state index is 0.483. The van der Waals surface area contributed by atoms with Crippen LogP contribution in [-0.4, -0.2) is 22.4 Å². The Kier molecular flexibility index (Phi) is 2.36. The lowest BCUT2D eigenvalue weighted by Gasteiger charge is -2.19. The maximum atomic E-state index is 4.43. The van der Waals surface area contributed by atoms with E-state index in [0.29, 0.717) is 12.1 Å². The Morgan fingerprint density at radius 3 is 3.08 bits per heavy atom. The molecule has 13 heavy (non-hydrogen) atoms. The first-order valence-corrected chi connectivity index (χ1v) is 5.02. The Balaban J connectivity index is 2.07. The summed E-state index contributed by atoms with van der Waals surface area (Å²) in [7, 11) is 0. The van der Waals surface area contributed by atoms with Crippen LogP contribution < -0.4 is 5.32 Å². The van der Waals surface area contributed by atoms with E-state index in [1.54, 1.807) is 0 Å². The average Bonchev–Trinajstić information content (AvgIpc) is 2.72. The lowest BCUT2D eigenvalue weighted by atomic mass is 10.1. The van der Waals surface area contributed by atoms with Gasteiger partial charge in [-0.25, -0.2) is 0 Å². The molecule has 1 aromatic rings. The van der Waals surface area contributed by atoms with Gasteiger partial charge in [-0.1, -0.05) is 0 Å². The van der Waals surface area contributed by atoms with Crippen molar-refractivity contribution in [2.75, 3.05) is 6.54 Å². The van der Waals surface area contributed by atoms with Gasteiger partial charge >= 0.3 is 0 Å². The van der Waals surface area contributed by atoms with Crippen molar-refractivity contribution in [2.45, 2.75) is 38.8 Å². The van der Waals surface area contributed by atoms with Crippen LogP contribution in [0.1, 0.15) is 31.5 Å². The summed E-state index contributed by atoms with van der Waals surface area (Å²) in [6.07, 6.45) is 4.65. The van der Waals surface area contributed by atoms with E-state index in [-0.39, 0.29) is 0 Å². The molecular weight excluding hydrogens is 162 g/mol. The molecule has 72 valence electrons. The molecule has 2 rings (SSSR count). The van der Waals surface area contributed by atoms with Crippen LogP contribution in [0.2, 0.25) is 0 Å². The zero-order chi connectivity index (χ0) is 9.26. The highest BCUT2D eigenvalue weighted by Crippen LogP contribution is 2.18. The predicted molar refractivity (Wildman–Crippen MR) is 52.7 cm³/mol. The maximum Gasteiger partial charge on any atom is 0.0644 e. The summed E-state index contributed by atoms with van der Waals surface area (Å²) in [4.78, 5) is 0. The van der Waals surface area contributed by atoms with Crippen molar-refractivity contribution >= 4 is 0 Å². The van der Waals surface area contributed by atoms with Gasteiger partial charge in [0.2, 0.25) is 0 Å². The molecule has 3 heteroatoms. The Morgan fingerprint density at radius 1 is 1.69 bits per heavy atom. The van der Waals surface area contributed by atoms with E-state index < -0.39 is 0 Å². The molecule has 0 saturated carbocycles. The zero-order valence-corrected chi connectivity index (χ0v) is 8.33. The molecule has 2 atom stereocenters. The third kappa shape index (κ3) is 1.75. The van der Waals surface area contributed by atoms with Crippen molar-refractivity contribution < 1.29 is 0 Å². The highest BCUT2D eigenvalue weighted by atomic mass is 15.3. The van der Waals surface area contributed by atoms with Crippen molar-refractivity contribution in [3.63, 3.8) is 0 Å². The van der Waals surface area contributed by atoms with Gasteiger partial charge in [-0.15, -0.1) is 0 Å². The first kappa shape index (κ1) is 8.75. The summed E-state index contributed by atoms with van der Waals surface area (Å²) in [6, 6.07) is 3.15. The SMILES string of the molecule is Cc1ccn(C(C)C2CCCN2)n1. The predicted octanol–water partition coefficient (Wildman–Crippen LogP) is 1.50. The number of nitrogens with one attached hydrogen (secondary N) is 1. The minimum Gasteiger partial charge on any atom is -0.312 e. The first-order chi connectivity index (χ1) is 6.27. The molecule has 1 aliphatic rings. The highest BCUT2D eigenvalue weighted by Gasteiger charge is 2.22.